The van der Waals surface area contributed by atoms with E-state index in [4.69, 9.17) is 11.0 Å². The first-order valence-corrected chi connectivity index (χ1v) is 26.0. The molecule has 0 aliphatic rings. The molecule has 4 nitrogen and oxygen atoms in total. The molecule has 16 rings (SSSR count). The Morgan fingerprint density at radius 2 is 0.416 bits per heavy atom. The van der Waals surface area contributed by atoms with Gasteiger partial charge in [0, 0.05) is 65.8 Å². The van der Waals surface area contributed by atoms with Crippen molar-refractivity contribution in [3.8, 4) is 22.7 Å². The minimum atomic E-state index is -5.03. The van der Waals surface area contributed by atoms with E-state index >= 15 is 0 Å². The van der Waals surface area contributed by atoms with Gasteiger partial charge in [-0.05, 0) is 105 Å². The molecule has 0 saturated carbocycles. The normalized spacial score (nSPS) is 18.0. The van der Waals surface area contributed by atoms with Crippen LogP contribution in [0.25, 0.3) is 110 Å². The molecular weight excluding hydrogens is 949 g/mol. The number of aromatic nitrogens is 4. The van der Waals surface area contributed by atoms with Crippen LogP contribution >= 0.6 is 0 Å². The highest BCUT2D eigenvalue weighted by Gasteiger charge is 2.43. The molecule has 0 aliphatic heterocycles. The lowest BCUT2D eigenvalue weighted by molar-refractivity contribution is 1.14. The molecule has 0 unspecified atom stereocenters. The van der Waals surface area contributed by atoms with Crippen molar-refractivity contribution < 1.29 is 43.9 Å². The highest BCUT2D eigenvalue weighted by molar-refractivity contribution is 7.20. The standard InChI is InChI=1S/C72H48N4Si/c1-3-23-53(24-4-1)77(54-25-5-2-6-26-54,55-45-49(73-65-35-15-7-27-57(65)58-28-8-16-36-66(58)73)43-50(46-55)74-67-37-17-9-29-59(67)60-30-10-18-38-68(60)74)56-47-51(75-69-39-19-11-31-61(69)62-32-12-20-40-70(62)75)44-52(48-56)76-71-41-21-13-33-63(71)64-34-14-22-42-72(64)76/h1-48H/i7D,8D,9D,10D,11D,12D,13D,14D,15D,16D,17D,18D,19D,20D,21D,22D,27D,28D,29D,30D,31D,32D,33D,34D,35D,36D,37D,38D,39D,40D,41D,42D. The summed E-state index contributed by atoms with van der Waals surface area (Å²) in [6, 6.07) is 0.432. The molecule has 0 bridgehead atoms. The third-order valence-corrected chi connectivity index (χ3v) is 19.0. The summed E-state index contributed by atoms with van der Waals surface area (Å²) in [6.07, 6.45) is 0. The van der Waals surface area contributed by atoms with Crippen LogP contribution in [0.4, 0.5) is 0 Å². The van der Waals surface area contributed by atoms with Gasteiger partial charge in [-0.1, -0.05) is 206 Å². The fourth-order valence-electron chi connectivity index (χ4n) is 11.2. The largest absolute Gasteiger partial charge is 0.309 e. The molecule has 0 N–H and O–H groups in total. The van der Waals surface area contributed by atoms with Gasteiger partial charge in [-0.25, -0.2) is 0 Å². The summed E-state index contributed by atoms with van der Waals surface area (Å²) in [7, 11) is -5.03. The van der Waals surface area contributed by atoms with Crippen molar-refractivity contribution in [3.63, 3.8) is 0 Å². The van der Waals surface area contributed by atoms with Gasteiger partial charge in [0.2, 0.25) is 0 Å². The van der Waals surface area contributed by atoms with E-state index in [2.05, 4.69) is 0 Å². The molecule has 4 aromatic heterocycles. The average molecular weight is 1030 g/mol. The zero-order valence-corrected chi connectivity index (χ0v) is 40.5. The zero-order valence-electron chi connectivity index (χ0n) is 71.5. The second kappa shape index (κ2) is 17.0. The van der Waals surface area contributed by atoms with Crippen LogP contribution in [-0.2, 0) is 0 Å². The van der Waals surface area contributed by atoms with Gasteiger partial charge in [0.05, 0.1) is 88.0 Å². The lowest BCUT2D eigenvalue weighted by Gasteiger charge is -2.36. The average Bonchev–Trinajstić information content (AvgIpc) is 1.57. The highest BCUT2D eigenvalue weighted by atomic mass is 28.3. The van der Waals surface area contributed by atoms with Crippen molar-refractivity contribution in [2.45, 2.75) is 0 Å². The number of hydrogen-bond acceptors (Lipinski definition) is 0. The van der Waals surface area contributed by atoms with Crippen LogP contribution in [0, 0.1) is 0 Å². The van der Waals surface area contributed by atoms with E-state index in [1.807, 2.05) is 0 Å². The van der Waals surface area contributed by atoms with E-state index in [-0.39, 0.29) is 33.1 Å². The third kappa shape index (κ3) is 6.38. The Bertz CT molecular complexity index is 5860. The van der Waals surface area contributed by atoms with Gasteiger partial charge in [0.15, 0.2) is 8.07 Å². The first-order valence-electron chi connectivity index (χ1n) is 40.0. The SMILES string of the molecule is [2H]c1c([2H])c([2H])c2c(c1[2H])c1c([2H])c([2H])c([2H])c([2H])c1n2-c1cc(-n2c3c([2H])c([2H])c([2H])c([2H])c3c3c([2H])c([2H])c([2H])c([2H])c32)cc([Si](c2ccccc2)(c2ccccc2)c2cc(-n3c4c([2H])c([2H])c([2H])c([2H])c4c4c([2H])c([2H])c([2H])c([2H])c43)cc(-n3c4c([2H])c([2H])c([2H])c([2H])c4c4c([2H])c([2H])c([2H])c([2H])c43)c2)c1. The molecule has 12 aromatic carbocycles. The summed E-state index contributed by atoms with van der Waals surface area (Å²) in [5.74, 6) is 0. The summed E-state index contributed by atoms with van der Waals surface area (Å²) in [6.45, 7) is 0. The lowest BCUT2D eigenvalue weighted by atomic mass is 10.2. The third-order valence-electron chi connectivity index (χ3n) is 14.2. The van der Waals surface area contributed by atoms with Gasteiger partial charge in [-0.2, -0.15) is 0 Å². The van der Waals surface area contributed by atoms with Crippen molar-refractivity contribution >= 4 is 116 Å². The molecular formula is C72H48N4Si. The van der Waals surface area contributed by atoms with E-state index in [1.165, 1.54) is 54.7 Å². The molecule has 0 atom stereocenters. The fourth-order valence-corrected chi connectivity index (χ4v) is 16.1. The van der Waals surface area contributed by atoms with Gasteiger partial charge in [0.1, 0.15) is 0 Å². The Balaban J connectivity index is 1.23. The van der Waals surface area contributed by atoms with Gasteiger partial charge in [0.25, 0.3) is 0 Å². The Labute approximate surface area is 490 Å². The lowest BCUT2D eigenvalue weighted by Crippen LogP contribution is -2.75. The van der Waals surface area contributed by atoms with Crippen LogP contribution in [0.15, 0.2) is 290 Å². The Hall–Kier alpha value is -9.94. The molecule has 360 valence electrons. The monoisotopic (exact) mass is 1030 g/mol. The smallest absolute Gasteiger partial charge is 0.179 e. The molecule has 77 heavy (non-hydrogen) atoms. The number of benzene rings is 12. The van der Waals surface area contributed by atoms with Crippen LogP contribution in [-0.4, -0.2) is 26.3 Å². The Morgan fingerprint density at radius 3 is 0.623 bits per heavy atom. The van der Waals surface area contributed by atoms with E-state index in [0.29, 0.717) is 10.4 Å². The van der Waals surface area contributed by atoms with Crippen molar-refractivity contribution in [2.24, 2.45) is 0 Å². The Morgan fingerprint density at radius 1 is 0.221 bits per heavy atom. The summed E-state index contributed by atoms with van der Waals surface area (Å²) in [5.41, 5.74) is -4.44. The quantitative estimate of drug-likeness (QED) is 0.107. The summed E-state index contributed by atoms with van der Waals surface area (Å²) >= 11 is 0. The second-order valence-corrected chi connectivity index (χ2v) is 21.9. The van der Waals surface area contributed by atoms with Crippen LogP contribution in [0.1, 0.15) is 43.9 Å². The zero-order chi connectivity index (χ0) is 78.5. The van der Waals surface area contributed by atoms with Crippen LogP contribution in [0.2, 0.25) is 0 Å². The van der Waals surface area contributed by atoms with Crippen LogP contribution < -0.4 is 20.7 Å². The maximum absolute atomic E-state index is 9.82. The molecule has 0 spiro atoms. The predicted octanol–water partition coefficient (Wildman–Crippen LogP) is 15.5. The van der Waals surface area contributed by atoms with Crippen molar-refractivity contribution in [1.29, 1.82) is 0 Å². The molecule has 0 fully saturated rings. The summed E-state index contributed by atoms with van der Waals surface area (Å²) in [5, 5.41) is -2.32. The highest BCUT2D eigenvalue weighted by Crippen LogP contribution is 2.38. The van der Waals surface area contributed by atoms with Gasteiger partial charge >= 0.3 is 0 Å². The first kappa shape index (κ1) is 22.5. The van der Waals surface area contributed by atoms with Crippen molar-refractivity contribution in [2.75, 3.05) is 0 Å². The summed E-state index contributed by atoms with van der Waals surface area (Å²) in [4.78, 5) is 0. The number of rotatable bonds is 8. The minimum absolute atomic E-state index is 0.0611. The van der Waals surface area contributed by atoms with Crippen LogP contribution in [0.3, 0.4) is 0 Å². The molecule has 4 heterocycles. The maximum atomic E-state index is 9.82. The number of hydrogen-bond donors (Lipinski definition) is 0. The fraction of sp³-hybridized carbons (Fsp3) is 0. The predicted molar refractivity (Wildman–Crippen MR) is 327 cm³/mol. The van der Waals surface area contributed by atoms with E-state index < -0.39 is 289 Å². The first-order chi connectivity index (χ1) is 51.5. The minimum Gasteiger partial charge on any atom is -0.309 e. The van der Waals surface area contributed by atoms with Crippen LogP contribution in [0.5, 0.6) is 0 Å². The molecule has 16 aromatic rings. The maximum Gasteiger partial charge on any atom is 0.179 e. The number of fused-ring (bicyclic) bond motifs is 12. The summed E-state index contributed by atoms with van der Waals surface area (Å²) < 4.78 is 305. The van der Waals surface area contributed by atoms with Gasteiger partial charge in [-0.3, -0.25) is 0 Å². The van der Waals surface area contributed by atoms with Gasteiger partial charge in [-0.15, -0.1) is 0 Å². The topological polar surface area (TPSA) is 19.7 Å². The molecule has 0 saturated heterocycles. The van der Waals surface area contributed by atoms with E-state index in [0.717, 1.165) is 0 Å². The molecule has 0 radical (unpaired) electrons. The molecule has 5 heteroatoms. The number of para-hydroxylation sites is 8. The van der Waals surface area contributed by atoms with E-state index in [1.54, 1.807) is 60.7 Å². The molecule has 0 amide bonds. The van der Waals surface area contributed by atoms with Crippen molar-refractivity contribution in [3.05, 3.63) is 290 Å². The second-order valence-electron chi connectivity index (χ2n) is 18.1. The Kier molecular flexibility index (Phi) is 4.98. The van der Waals surface area contributed by atoms with E-state index in [9.17, 15) is 32.9 Å². The van der Waals surface area contributed by atoms with Gasteiger partial charge < -0.3 is 18.3 Å². The van der Waals surface area contributed by atoms with Crippen molar-refractivity contribution in [1.82, 2.24) is 18.3 Å². The number of nitrogens with zero attached hydrogens (tertiary/aromatic N) is 4. The molecule has 0 aliphatic carbocycles.